The second-order valence-corrected chi connectivity index (χ2v) is 4.37. The molecule has 1 aromatic carbocycles. The van der Waals surface area contributed by atoms with Crippen molar-refractivity contribution < 1.29 is 24.5 Å². The van der Waals surface area contributed by atoms with Crippen LogP contribution >= 0.6 is 0 Å². The van der Waals surface area contributed by atoms with E-state index in [4.69, 9.17) is 14.6 Å². The summed E-state index contributed by atoms with van der Waals surface area (Å²) in [6, 6.07) is 7.58. The number of amides is 1. The highest BCUT2D eigenvalue weighted by atomic mass is 16.5. The van der Waals surface area contributed by atoms with Crippen molar-refractivity contribution in [3.05, 3.63) is 29.8 Å². The number of benzene rings is 1. The van der Waals surface area contributed by atoms with Crippen LogP contribution in [0.5, 0.6) is 0 Å². The number of nitrogens with zero attached hydrogens (tertiary/aromatic N) is 1. The maximum absolute atomic E-state index is 12.1. The van der Waals surface area contributed by atoms with E-state index in [-0.39, 0.29) is 5.91 Å². The van der Waals surface area contributed by atoms with E-state index in [2.05, 4.69) is 0 Å². The van der Waals surface area contributed by atoms with Gasteiger partial charge in [0.15, 0.2) is 6.10 Å². The molecule has 2 N–H and O–H groups in total. The Morgan fingerprint density at radius 2 is 2.00 bits per heavy atom. The van der Waals surface area contributed by atoms with Crippen molar-refractivity contribution in [3.8, 4) is 0 Å². The number of carbonyl (C=O) groups is 2. The van der Waals surface area contributed by atoms with Gasteiger partial charge in [-0.25, -0.2) is 0 Å². The number of aliphatic hydroxyl groups is 2. The fourth-order valence-corrected chi connectivity index (χ4v) is 1.96. The summed E-state index contributed by atoms with van der Waals surface area (Å²) in [5, 5.41) is 18.4. The third kappa shape index (κ3) is 3.63. The number of anilines is 1. The van der Waals surface area contributed by atoms with Gasteiger partial charge in [-0.2, -0.15) is 0 Å². The average molecular weight is 281 g/mol. The first-order valence-electron chi connectivity index (χ1n) is 6.21. The molecule has 0 spiro atoms. The topological polar surface area (TPSA) is 87.1 Å². The minimum atomic E-state index is -1.18. The molecule has 110 valence electrons. The molecule has 6 nitrogen and oxygen atoms in total. The fourth-order valence-electron chi connectivity index (χ4n) is 1.96. The van der Waals surface area contributed by atoms with Crippen LogP contribution in [0.3, 0.4) is 0 Å². The Balaban J connectivity index is 0.000000956. The number of ether oxygens (including phenoxy) is 1. The van der Waals surface area contributed by atoms with Crippen LogP contribution < -0.4 is 4.90 Å². The second-order valence-electron chi connectivity index (χ2n) is 4.37. The van der Waals surface area contributed by atoms with Crippen LogP contribution in [0.1, 0.15) is 5.56 Å². The summed E-state index contributed by atoms with van der Waals surface area (Å²) in [6.07, 6.45) is -2.16. The fraction of sp³-hybridized carbons (Fsp3) is 0.429. The molecule has 1 amide bonds. The zero-order valence-electron chi connectivity index (χ0n) is 11.4. The van der Waals surface area contributed by atoms with Gasteiger partial charge in [0, 0.05) is 12.2 Å². The van der Waals surface area contributed by atoms with Crippen LogP contribution in [0.25, 0.3) is 0 Å². The lowest BCUT2D eigenvalue weighted by atomic mass is 10.1. The van der Waals surface area contributed by atoms with Gasteiger partial charge in [-0.3, -0.25) is 4.79 Å². The van der Waals surface area contributed by atoms with Gasteiger partial charge in [0.2, 0.25) is 0 Å². The molecule has 0 aliphatic carbocycles. The molecule has 1 aliphatic rings. The van der Waals surface area contributed by atoms with E-state index in [0.29, 0.717) is 13.2 Å². The van der Waals surface area contributed by atoms with Gasteiger partial charge in [-0.1, -0.05) is 17.7 Å². The predicted octanol–water partition coefficient (Wildman–Crippen LogP) is -0.105. The summed E-state index contributed by atoms with van der Waals surface area (Å²) in [4.78, 5) is 21.7. The third-order valence-corrected chi connectivity index (χ3v) is 3.00. The van der Waals surface area contributed by atoms with Gasteiger partial charge in [0.05, 0.1) is 13.2 Å². The molecule has 0 bridgehead atoms. The zero-order valence-corrected chi connectivity index (χ0v) is 11.4. The van der Waals surface area contributed by atoms with Crippen molar-refractivity contribution in [2.45, 2.75) is 19.1 Å². The minimum absolute atomic E-state index is 0.313. The number of rotatable bonds is 3. The van der Waals surface area contributed by atoms with Gasteiger partial charge in [-0.05, 0) is 19.1 Å². The first kappa shape index (κ1) is 16.3. The first-order valence-corrected chi connectivity index (χ1v) is 6.21. The van der Waals surface area contributed by atoms with E-state index in [9.17, 15) is 9.90 Å². The number of hydrogen-bond donors (Lipinski definition) is 2. The van der Waals surface area contributed by atoms with Crippen molar-refractivity contribution in [1.82, 2.24) is 0 Å². The quantitative estimate of drug-likeness (QED) is 0.807. The molecule has 2 rings (SSSR count). The van der Waals surface area contributed by atoms with Gasteiger partial charge < -0.3 is 24.6 Å². The summed E-state index contributed by atoms with van der Waals surface area (Å²) >= 11 is 0. The molecular formula is C14H19NO5. The molecule has 20 heavy (non-hydrogen) atoms. The Morgan fingerprint density at radius 3 is 2.55 bits per heavy atom. The highest BCUT2D eigenvalue weighted by molar-refractivity contribution is 5.97. The van der Waals surface area contributed by atoms with Crippen molar-refractivity contribution in [3.63, 3.8) is 0 Å². The number of morpholine rings is 1. The molecule has 1 aromatic rings. The smallest absolute Gasteiger partial charge is 0.258 e. The largest absolute Gasteiger partial charge is 0.394 e. The third-order valence-electron chi connectivity index (χ3n) is 3.00. The summed E-state index contributed by atoms with van der Waals surface area (Å²) in [7, 11) is 0. The van der Waals surface area contributed by atoms with Crippen LogP contribution in [-0.4, -0.2) is 54.9 Å². The Kier molecular flexibility index (Phi) is 6.30. The molecule has 2 atom stereocenters. The maximum Gasteiger partial charge on any atom is 0.258 e. The number of aryl methyl sites for hydroxylation is 1. The van der Waals surface area contributed by atoms with Crippen molar-refractivity contribution in [2.75, 3.05) is 24.7 Å². The average Bonchev–Trinajstić information content (AvgIpc) is 2.50. The van der Waals surface area contributed by atoms with Crippen LogP contribution in [-0.2, 0) is 14.3 Å². The van der Waals surface area contributed by atoms with Crippen molar-refractivity contribution in [1.29, 1.82) is 0 Å². The van der Waals surface area contributed by atoms with E-state index in [1.165, 1.54) is 0 Å². The summed E-state index contributed by atoms with van der Waals surface area (Å²) in [5.74, 6) is -0.313. The van der Waals surface area contributed by atoms with Crippen LogP contribution in [0.4, 0.5) is 5.69 Å². The molecule has 1 fully saturated rings. The van der Waals surface area contributed by atoms with E-state index in [0.717, 1.165) is 11.3 Å². The molecular weight excluding hydrogens is 262 g/mol. The highest BCUT2D eigenvalue weighted by Crippen LogP contribution is 2.20. The Hall–Kier alpha value is -1.76. The molecule has 1 heterocycles. The molecule has 1 aliphatic heterocycles. The summed E-state index contributed by atoms with van der Waals surface area (Å²) < 4.78 is 5.22. The van der Waals surface area contributed by atoms with Crippen LogP contribution in [0.2, 0.25) is 0 Å². The van der Waals surface area contributed by atoms with Crippen molar-refractivity contribution in [2.24, 2.45) is 0 Å². The van der Waals surface area contributed by atoms with Gasteiger partial charge in [0.1, 0.15) is 12.9 Å². The first-order chi connectivity index (χ1) is 9.63. The van der Waals surface area contributed by atoms with Crippen molar-refractivity contribution >= 4 is 18.4 Å². The standard InChI is InChI=1S/C13H17NO4.CH2O/c1-9-2-4-10(5-3-9)14-6-7-18-12(13(14)17)11(16)8-15;1-2/h2-5,11-12,15-16H,6-8H2,1H3;1H2/t11-,12+;/m0./s1. The van der Waals surface area contributed by atoms with E-state index < -0.39 is 18.8 Å². The van der Waals surface area contributed by atoms with Gasteiger partial charge in [0.25, 0.3) is 5.91 Å². The zero-order chi connectivity index (χ0) is 15.1. The minimum Gasteiger partial charge on any atom is -0.394 e. The van der Waals surface area contributed by atoms with E-state index >= 15 is 0 Å². The monoisotopic (exact) mass is 281 g/mol. The normalized spacial score (nSPS) is 20.1. The lowest BCUT2D eigenvalue weighted by molar-refractivity contribution is -0.145. The SMILES string of the molecule is C=O.Cc1ccc(N2CCO[C@H]([C@@H](O)CO)C2=O)cc1. The Morgan fingerprint density at radius 1 is 1.40 bits per heavy atom. The van der Waals surface area contributed by atoms with Crippen LogP contribution in [0.15, 0.2) is 24.3 Å². The maximum atomic E-state index is 12.1. The highest BCUT2D eigenvalue weighted by Gasteiger charge is 2.35. The summed E-state index contributed by atoms with van der Waals surface area (Å²) in [6.45, 7) is 4.29. The lowest BCUT2D eigenvalue weighted by Crippen LogP contribution is -2.53. The second kappa shape index (κ2) is 7.74. The van der Waals surface area contributed by atoms with E-state index in [1.54, 1.807) is 4.90 Å². The number of carbonyl (C=O) groups excluding carboxylic acids is 2. The Bertz CT molecular complexity index is 434. The van der Waals surface area contributed by atoms with Crippen LogP contribution in [0, 0.1) is 6.92 Å². The number of hydrogen-bond acceptors (Lipinski definition) is 5. The van der Waals surface area contributed by atoms with E-state index in [1.807, 2.05) is 38.0 Å². The number of aliphatic hydroxyl groups excluding tert-OH is 2. The predicted molar refractivity (Wildman–Crippen MR) is 73.5 cm³/mol. The molecule has 6 heteroatoms. The summed E-state index contributed by atoms with van der Waals surface area (Å²) in [5.41, 5.74) is 1.90. The molecule has 1 saturated heterocycles. The molecule has 0 unspecified atom stereocenters. The molecule has 0 radical (unpaired) electrons. The lowest BCUT2D eigenvalue weighted by Gasteiger charge is -2.34. The Labute approximate surface area is 117 Å². The molecule has 0 saturated carbocycles. The van der Waals surface area contributed by atoms with Gasteiger partial charge >= 0.3 is 0 Å². The van der Waals surface area contributed by atoms with Gasteiger partial charge in [-0.15, -0.1) is 0 Å². The molecule has 0 aromatic heterocycles.